The molecular weight excluding hydrogens is 547 g/mol. The first-order valence-corrected chi connectivity index (χ1v) is 13.6. The number of amides is 1. The van der Waals surface area contributed by atoms with Crippen LogP contribution in [0.15, 0.2) is 79.4 Å². The van der Waals surface area contributed by atoms with Gasteiger partial charge in [-0.2, -0.15) is 18.4 Å². The second-order valence-electron chi connectivity index (χ2n) is 8.90. The SMILES string of the molecule is Cc1cc(-n2cc(C(=O)NCc3ccc(S(C)(=O)=NC#N)cc3)c(=O)c(-c3cccc(C(F)(F)F)c3)c2C)no1. The summed E-state index contributed by atoms with van der Waals surface area (Å²) in [7, 11) is -2.89. The number of pyridine rings is 1. The summed E-state index contributed by atoms with van der Waals surface area (Å²) in [5, 5.41) is 15.3. The molecule has 206 valence electrons. The highest BCUT2D eigenvalue weighted by atomic mass is 32.2. The van der Waals surface area contributed by atoms with Crippen molar-refractivity contribution in [3.63, 3.8) is 0 Å². The molecule has 0 radical (unpaired) electrons. The summed E-state index contributed by atoms with van der Waals surface area (Å²) in [6.45, 7) is 3.16. The largest absolute Gasteiger partial charge is 0.416 e. The fraction of sp³-hybridized carbons (Fsp3) is 0.185. The first-order chi connectivity index (χ1) is 18.8. The number of carbonyl (C=O) groups excluding carboxylic acids is 1. The summed E-state index contributed by atoms with van der Waals surface area (Å²) in [5.74, 6) is -0.0874. The average molecular weight is 570 g/mol. The number of nitriles is 1. The Bertz CT molecular complexity index is 1830. The number of aromatic nitrogens is 2. The van der Waals surface area contributed by atoms with Crippen molar-refractivity contribution in [2.24, 2.45) is 4.36 Å². The van der Waals surface area contributed by atoms with Gasteiger partial charge in [0.25, 0.3) is 5.91 Å². The van der Waals surface area contributed by atoms with Gasteiger partial charge in [0.05, 0.1) is 15.3 Å². The lowest BCUT2D eigenvalue weighted by Crippen LogP contribution is -2.30. The van der Waals surface area contributed by atoms with E-state index >= 15 is 0 Å². The Labute approximate surface area is 227 Å². The normalized spacial score (nSPS) is 12.8. The monoisotopic (exact) mass is 569 g/mol. The van der Waals surface area contributed by atoms with E-state index in [1.165, 1.54) is 54.4 Å². The van der Waals surface area contributed by atoms with Crippen molar-refractivity contribution in [1.82, 2.24) is 15.0 Å². The van der Waals surface area contributed by atoms with Gasteiger partial charge in [-0.3, -0.25) is 9.59 Å². The smallest absolute Gasteiger partial charge is 0.360 e. The molecule has 1 unspecified atom stereocenters. The Morgan fingerprint density at radius 1 is 1.18 bits per heavy atom. The van der Waals surface area contributed by atoms with Gasteiger partial charge in [-0.25, -0.2) is 4.21 Å². The van der Waals surface area contributed by atoms with Gasteiger partial charge in [0.1, 0.15) is 11.3 Å². The Kier molecular flexibility index (Phi) is 7.66. The molecule has 1 N–H and O–H groups in total. The van der Waals surface area contributed by atoms with Gasteiger partial charge in [0.15, 0.2) is 5.82 Å². The summed E-state index contributed by atoms with van der Waals surface area (Å²) in [6.07, 6.45) is -0.516. The molecule has 1 amide bonds. The van der Waals surface area contributed by atoms with Gasteiger partial charge in [0.2, 0.25) is 11.6 Å². The third-order valence-electron chi connectivity index (χ3n) is 6.07. The van der Waals surface area contributed by atoms with Crippen LogP contribution >= 0.6 is 0 Å². The molecule has 1 atom stereocenters. The zero-order chi connectivity index (χ0) is 29.2. The molecule has 0 aliphatic rings. The van der Waals surface area contributed by atoms with Crippen molar-refractivity contribution >= 4 is 15.6 Å². The van der Waals surface area contributed by atoms with Crippen LogP contribution in [0.25, 0.3) is 16.9 Å². The summed E-state index contributed by atoms with van der Waals surface area (Å²) >= 11 is 0. The van der Waals surface area contributed by atoms with E-state index in [1.807, 2.05) is 0 Å². The highest BCUT2D eigenvalue weighted by Gasteiger charge is 2.31. The van der Waals surface area contributed by atoms with Gasteiger partial charge < -0.3 is 14.4 Å². The summed E-state index contributed by atoms with van der Waals surface area (Å²) in [5.41, 5.74) is -1.27. The van der Waals surface area contributed by atoms with Crippen LogP contribution in [0, 0.1) is 25.3 Å². The Morgan fingerprint density at radius 2 is 1.88 bits per heavy atom. The fourth-order valence-electron chi connectivity index (χ4n) is 4.03. The number of aryl methyl sites for hydroxylation is 1. The van der Waals surface area contributed by atoms with Crippen molar-refractivity contribution in [1.29, 1.82) is 5.26 Å². The van der Waals surface area contributed by atoms with Crippen LogP contribution in [-0.4, -0.2) is 26.1 Å². The second kappa shape index (κ2) is 10.8. The lowest BCUT2D eigenvalue weighted by molar-refractivity contribution is -0.137. The highest BCUT2D eigenvalue weighted by Crippen LogP contribution is 2.32. The van der Waals surface area contributed by atoms with Gasteiger partial charge in [-0.1, -0.05) is 29.4 Å². The van der Waals surface area contributed by atoms with E-state index < -0.39 is 32.8 Å². The van der Waals surface area contributed by atoms with E-state index in [2.05, 4.69) is 14.8 Å². The van der Waals surface area contributed by atoms with Crippen LogP contribution in [0.5, 0.6) is 0 Å². The van der Waals surface area contributed by atoms with Crippen LogP contribution in [0.2, 0.25) is 0 Å². The minimum absolute atomic E-state index is 0.0116. The number of carbonyl (C=O) groups is 1. The molecule has 0 fully saturated rings. The highest BCUT2D eigenvalue weighted by molar-refractivity contribution is 7.93. The van der Waals surface area contributed by atoms with Crippen LogP contribution in [0.4, 0.5) is 13.2 Å². The number of halogens is 3. The molecule has 9 nitrogen and oxygen atoms in total. The average Bonchev–Trinajstić information content (AvgIpc) is 3.33. The molecule has 0 bridgehead atoms. The standard InChI is InChI=1S/C27H22F3N5O4S/c1-16-11-23(34-39-16)35-14-22(25(36)24(17(35)2)19-5-4-6-20(12-19)27(28,29)30)26(37)32-13-18-7-9-21(10-8-18)40(3,38)33-15-31/h4-12,14H,13H2,1-3H3,(H,32,37). The Morgan fingerprint density at radius 3 is 2.48 bits per heavy atom. The molecule has 0 saturated heterocycles. The van der Waals surface area contributed by atoms with Crippen LogP contribution < -0.4 is 10.7 Å². The first kappa shape index (κ1) is 28.3. The predicted molar refractivity (Wildman–Crippen MR) is 140 cm³/mol. The van der Waals surface area contributed by atoms with E-state index in [4.69, 9.17) is 9.78 Å². The van der Waals surface area contributed by atoms with Gasteiger partial charge in [-0.05, 0) is 49.2 Å². The van der Waals surface area contributed by atoms with Gasteiger partial charge >= 0.3 is 6.18 Å². The molecule has 2 heterocycles. The second-order valence-corrected chi connectivity index (χ2v) is 11.2. The third kappa shape index (κ3) is 5.81. The Balaban J connectivity index is 1.75. The lowest BCUT2D eigenvalue weighted by atomic mass is 9.98. The molecule has 2 aromatic carbocycles. The molecule has 13 heteroatoms. The molecule has 4 aromatic rings. The van der Waals surface area contributed by atoms with Crippen LogP contribution in [-0.2, 0) is 22.5 Å². The number of benzene rings is 2. The van der Waals surface area contributed by atoms with Crippen molar-refractivity contribution in [2.75, 3.05) is 6.26 Å². The van der Waals surface area contributed by atoms with Crippen molar-refractivity contribution < 1.29 is 26.7 Å². The molecular formula is C27H22F3N5O4S. The van der Waals surface area contributed by atoms with E-state index in [0.29, 0.717) is 16.2 Å². The number of hydrogen-bond acceptors (Lipinski definition) is 7. The molecule has 0 aliphatic carbocycles. The molecule has 0 aliphatic heterocycles. The van der Waals surface area contributed by atoms with Crippen molar-refractivity contribution in [2.45, 2.75) is 31.5 Å². The maximum Gasteiger partial charge on any atom is 0.416 e. The maximum atomic E-state index is 13.5. The van der Waals surface area contributed by atoms with Gasteiger partial charge in [-0.15, -0.1) is 4.36 Å². The van der Waals surface area contributed by atoms with E-state index in [1.54, 1.807) is 25.1 Å². The quantitative estimate of drug-likeness (QED) is 0.326. The van der Waals surface area contributed by atoms with Crippen LogP contribution in [0.3, 0.4) is 0 Å². The molecule has 2 aromatic heterocycles. The van der Waals surface area contributed by atoms with Crippen molar-refractivity contribution in [3.05, 3.63) is 99.2 Å². The minimum Gasteiger partial charge on any atom is -0.360 e. The topological polar surface area (TPSA) is 130 Å². The molecule has 4 rings (SSSR count). The lowest BCUT2D eigenvalue weighted by Gasteiger charge is -2.16. The van der Waals surface area contributed by atoms with Gasteiger partial charge in [0, 0.05) is 41.2 Å². The minimum atomic E-state index is -4.63. The summed E-state index contributed by atoms with van der Waals surface area (Å²) in [6, 6.07) is 12.1. The summed E-state index contributed by atoms with van der Waals surface area (Å²) < 4.78 is 62.7. The first-order valence-electron chi connectivity index (χ1n) is 11.7. The summed E-state index contributed by atoms with van der Waals surface area (Å²) in [4.78, 5) is 27.1. The number of nitrogens with zero attached hydrogens (tertiary/aromatic N) is 4. The number of rotatable bonds is 6. The zero-order valence-electron chi connectivity index (χ0n) is 21.4. The maximum absolute atomic E-state index is 13.5. The Hall–Kier alpha value is -4.70. The number of nitrogens with one attached hydrogen (secondary N) is 1. The van der Waals surface area contributed by atoms with E-state index in [0.717, 1.165) is 12.1 Å². The number of hydrogen-bond donors (Lipinski definition) is 1. The van der Waals surface area contributed by atoms with E-state index in [9.17, 15) is 27.0 Å². The zero-order valence-corrected chi connectivity index (χ0v) is 22.3. The number of alkyl halides is 3. The molecule has 40 heavy (non-hydrogen) atoms. The fourth-order valence-corrected chi connectivity index (χ4v) is 4.93. The van der Waals surface area contributed by atoms with Crippen LogP contribution in [0.1, 0.15) is 32.9 Å². The third-order valence-corrected chi connectivity index (χ3v) is 7.64. The van der Waals surface area contributed by atoms with Crippen molar-refractivity contribution in [3.8, 4) is 23.1 Å². The molecule has 0 spiro atoms. The predicted octanol–water partition coefficient (Wildman–Crippen LogP) is 5.00. The van der Waals surface area contributed by atoms with E-state index in [-0.39, 0.29) is 34.7 Å². The molecule has 0 saturated carbocycles.